The minimum Gasteiger partial charge on any atom is -0.389 e. The summed E-state index contributed by atoms with van der Waals surface area (Å²) in [7, 11) is 0. The van der Waals surface area contributed by atoms with Crippen molar-refractivity contribution in [3.63, 3.8) is 0 Å². The molecule has 2 rings (SSSR count). The molecule has 0 aromatic rings. The number of aliphatic hydroxyl groups is 1. The van der Waals surface area contributed by atoms with Crippen LogP contribution in [0.2, 0.25) is 0 Å². The molecule has 1 N–H and O–H groups in total. The van der Waals surface area contributed by atoms with E-state index in [1.54, 1.807) is 0 Å². The van der Waals surface area contributed by atoms with Gasteiger partial charge in [-0.1, -0.05) is 32.4 Å². The van der Waals surface area contributed by atoms with Crippen LogP contribution >= 0.6 is 0 Å². The van der Waals surface area contributed by atoms with Gasteiger partial charge in [0.1, 0.15) is 0 Å². The number of hydrogen-bond donors (Lipinski definition) is 1. The first-order valence-corrected chi connectivity index (χ1v) is 5.06. The van der Waals surface area contributed by atoms with Crippen LogP contribution in [0.1, 0.15) is 26.7 Å². The second-order valence-electron chi connectivity index (χ2n) is 4.56. The van der Waals surface area contributed by atoms with Gasteiger partial charge >= 0.3 is 0 Å². The Balaban J connectivity index is 2.17. The van der Waals surface area contributed by atoms with Crippen LogP contribution in [0, 0.1) is 23.7 Å². The highest BCUT2D eigenvalue weighted by Gasteiger charge is 2.40. The number of allylic oxidation sites excluding steroid dienone is 1. The molecule has 68 valence electrons. The zero-order chi connectivity index (χ0) is 8.72. The van der Waals surface area contributed by atoms with Crippen molar-refractivity contribution >= 4 is 0 Å². The fourth-order valence-corrected chi connectivity index (χ4v) is 2.92. The molecule has 0 saturated heterocycles. The summed E-state index contributed by atoms with van der Waals surface area (Å²) in [5.41, 5.74) is 0. The average Bonchev–Trinajstić information content (AvgIpc) is 2.42. The Morgan fingerprint density at radius 3 is 2.42 bits per heavy atom. The third kappa shape index (κ3) is 1.11. The van der Waals surface area contributed by atoms with E-state index in [2.05, 4.69) is 19.9 Å². The minimum absolute atomic E-state index is 0.159. The van der Waals surface area contributed by atoms with E-state index in [4.69, 9.17) is 0 Å². The first-order valence-electron chi connectivity index (χ1n) is 5.06. The fraction of sp³-hybridized carbons (Fsp3) is 0.818. The Morgan fingerprint density at radius 1 is 1.08 bits per heavy atom. The normalized spacial score (nSPS) is 52.4. The van der Waals surface area contributed by atoms with Crippen molar-refractivity contribution in [1.82, 2.24) is 0 Å². The molecule has 5 unspecified atom stereocenters. The molecule has 12 heavy (non-hydrogen) atoms. The smallest absolute Gasteiger partial charge is 0.0757 e. The first kappa shape index (κ1) is 8.31. The Morgan fingerprint density at radius 2 is 1.75 bits per heavy atom. The van der Waals surface area contributed by atoms with Gasteiger partial charge in [0.2, 0.25) is 0 Å². The van der Waals surface area contributed by atoms with E-state index in [9.17, 15) is 5.11 Å². The predicted octanol–water partition coefficient (Wildman–Crippen LogP) is 2.22. The van der Waals surface area contributed by atoms with E-state index in [0.29, 0.717) is 17.8 Å². The molecule has 0 aromatic heterocycles. The van der Waals surface area contributed by atoms with Gasteiger partial charge in [0.15, 0.2) is 0 Å². The van der Waals surface area contributed by atoms with E-state index in [1.165, 1.54) is 12.8 Å². The second kappa shape index (κ2) is 2.88. The van der Waals surface area contributed by atoms with E-state index < -0.39 is 0 Å². The van der Waals surface area contributed by atoms with Gasteiger partial charge in [-0.2, -0.15) is 0 Å². The summed E-state index contributed by atoms with van der Waals surface area (Å²) >= 11 is 0. The summed E-state index contributed by atoms with van der Waals surface area (Å²) in [6.45, 7) is 4.59. The molecule has 0 bridgehead atoms. The molecule has 1 fully saturated rings. The van der Waals surface area contributed by atoms with Crippen molar-refractivity contribution in [2.45, 2.75) is 32.8 Å². The molecule has 0 heterocycles. The summed E-state index contributed by atoms with van der Waals surface area (Å²) in [5, 5.41) is 9.73. The van der Waals surface area contributed by atoms with E-state index in [1.807, 2.05) is 6.08 Å². The molecule has 5 atom stereocenters. The third-order valence-corrected chi connectivity index (χ3v) is 3.76. The molecule has 2 aliphatic carbocycles. The van der Waals surface area contributed by atoms with Gasteiger partial charge in [0.05, 0.1) is 6.10 Å². The number of rotatable bonds is 0. The first-order chi connectivity index (χ1) is 5.70. The lowest BCUT2D eigenvalue weighted by Gasteiger charge is -2.37. The van der Waals surface area contributed by atoms with Gasteiger partial charge in [-0.05, 0) is 30.1 Å². The monoisotopic (exact) mass is 166 g/mol. The Bertz CT molecular complexity index is 197. The zero-order valence-corrected chi connectivity index (χ0v) is 7.90. The largest absolute Gasteiger partial charge is 0.389 e. The van der Waals surface area contributed by atoms with Crippen LogP contribution in [0.5, 0.6) is 0 Å². The molecule has 1 saturated carbocycles. The van der Waals surface area contributed by atoms with Crippen LogP contribution in [0.25, 0.3) is 0 Å². The molecule has 1 heteroatoms. The second-order valence-corrected chi connectivity index (χ2v) is 4.56. The van der Waals surface area contributed by atoms with Crippen LogP contribution in [0.15, 0.2) is 12.2 Å². The minimum atomic E-state index is -0.159. The van der Waals surface area contributed by atoms with Crippen LogP contribution in [0.3, 0.4) is 0 Å². The lowest BCUT2D eigenvalue weighted by atomic mass is 9.68. The molecule has 0 aliphatic heterocycles. The Labute approximate surface area is 74.5 Å². The van der Waals surface area contributed by atoms with E-state index in [-0.39, 0.29) is 6.10 Å². The molecular formula is C11H18O. The van der Waals surface area contributed by atoms with Crippen molar-refractivity contribution in [1.29, 1.82) is 0 Å². The summed E-state index contributed by atoms with van der Waals surface area (Å²) in [6.07, 6.45) is 6.69. The summed E-state index contributed by atoms with van der Waals surface area (Å²) in [4.78, 5) is 0. The molecule has 2 aliphatic rings. The lowest BCUT2D eigenvalue weighted by molar-refractivity contribution is 0.0529. The molecule has 0 radical (unpaired) electrons. The number of hydrogen-bond acceptors (Lipinski definition) is 1. The van der Waals surface area contributed by atoms with Crippen LogP contribution in [0.4, 0.5) is 0 Å². The van der Waals surface area contributed by atoms with Crippen molar-refractivity contribution in [2.75, 3.05) is 0 Å². The molecule has 0 amide bonds. The molecule has 1 nitrogen and oxygen atoms in total. The maximum absolute atomic E-state index is 9.73. The van der Waals surface area contributed by atoms with E-state index >= 15 is 0 Å². The average molecular weight is 166 g/mol. The highest BCUT2D eigenvalue weighted by Crippen LogP contribution is 2.44. The summed E-state index contributed by atoms with van der Waals surface area (Å²) < 4.78 is 0. The lowest BCUT2D eigenvalue weighted by Crippen LogP contribution is -2.34. The van der Waals surface area contributed by atoms with Crippen LogP contribution < -0.4 is 0 Å². The van der Waals surface area contributed by atoms with Gasteiger partial charge in [-0.3, -0.25) is 0 Å². The fourth-order valence-electron chi connectivity index (χ4n) is 2.92. The van der Waals surface area contributed by atoms with Crippen LogP contribution in [-0.2, 0) is 0 Å². The highest BCUT2D eigenvalue weighted by molar-refractivity contribution is 5.11. The molecular weight excluding hydrogens is 148 g/mol. The van der Waals surface area contributed by atoms with Gasteiger partial charge in [0, 0.05) is 0 Å². The number of aliphatic hydroxyl groups excluding tert-OH is 1. The maximum atomic E-state index is 9.73. The van der Waals surface area contributed by atoms with Crippen molar-refractivity contribution in [3.05, 3.63) is 12.2 Å². The van der Waals surface area contributed by atoms with Crippen molar-refractivity contribution in [3.8, 4) is 0 Å². The third-order valence-electron chi connectivity index (χ3n) is 3.76. The summed E-state index contributed by atoms with van der Waals surface area (Å²) in [6, 6.07) is 0. The SMILES string of the molecule is CC1CCC(C)C2C(O)C=CC12. The quantitative estimate of drug-likeness (QED) is 0.547. The summed E-state index contributed by atoms with van der Waals surface area (Å²) in [5.74, 6) is 2.66. The van der Waals surface area contributed by atoms with E-state index in [0.717, 1.165) is 5.92 Å². The predicted molar refractivity (Wildman–Crippen MR) is 49.7 cm³/mol. The maximum Gasteiger partial charge on any atom is 0.0757 e. The van der Waals surface area contributed by atoms with Gasteiger partial charge in [-0.15, -0.1) is 0 Å². The van der Waals surface area contributed by atoms with Gasteiger partial charge < -0.3 is 5.11 Å². The van der Waals surface area contributed by atoms with Gasteiger partial charge in [0.25, 0.3) is 0 Å². The topological polar surface area (TPSA) is 20.2 Å². The van der Waals surface area contributed by atoms with Crippen molar-refractivity contribution < 1.29 is 5.11 Å². The van der Waals surface area contributed by atoms with Gasteiger partial charge in [-0.25, -0.2) is 0 Å². The molecule has 0 aromatic carbocycles. The highest BCUT2D eigenvalue weighted by atomic mass is 16.3. The Hall–Kier alpha value is -0.300. The van der Waals surface area contributed by atoms with Crippen LogP contribution in [-0.4, -0.2) is 11.2 Å². The number of fused-ring (bicyclic) bond motifs is 1. The Kier molecular flexibility index (Phi) is 1.99. The zero-order valence-electron chi connectivity index (χ0n) is 7.90. The standard InChI is InChI=1S/C11H18O/c1-7-3-4-8(2)11-9(7)5-6-10(11)12/h5-12H,3-4H2,1-2H3. The van der Waals surface area contributed by atoms with Crippen molar-refractivity contribution in [2.24, 2.45) is 23.7 Å². The molecule has 0 spiro atoms.